The summed E-state index contributed by atoms with van der Waals surface area (Å²) in [4.78, 5) is 29.2. The molecule has 24 heavy (non-hydrogen) atoms. The molecular weight excluding hydrogens is 322 g/mol. The van der Waals surface area contributed by atoms with Crippen LogP contribution in [0.4, 0.5) is 5.13 Å². The van der Waals surface area contributed by atoms with Gasteiger partial charge in [-0.25, -0.2) is 4.98 Å². The number of aryl methyl sites for hydroxylation is 1. The molecule has 6 heteroatoms. The summed E-state index contributed by atoms with van der Waals surface area (Å²) in [5, 5.41) is 6.03. The maximum atomic E-state index is 12.7. The topological polar surface area (TPSA) is 64.0 Å². The lowest BCUT2D eigenvalue weighted by Crippen LogP contribution is -2.21. The predicted octanol–water partition coefficient (Wildman–Crippen LogP) is 3.54. The molecule has 1 N–H and O–H groups in total. The van der Waals surface area contributed by atoms with E-state index < -0.39 is 0 Å². The zero-order chi connectivity index (χ0) is 17.5. The monoisotopic (exact) mass is 341 g/mol. The number of nitrogens with one attached hydrogen (secondary N) is 1. The normalized spacial score (nSPS) is 11.7. The molecule has 0 fully saturated rings. The highest BCUT2D eigenvalue weighted by molar-refractivity contribution is 7.14. The zero-order valence-electron chi connectivity index (χ0n) is 14.1. The second-order valence-electron chi connectivity index (χ2n) is 6.71. The minimum absolute atomic E-state index is 0.0745. The maximum absolute atomic E-state index is 12.7. The van der Waals surface area contributed by atoms with E-state index in [1.165, 1.54) is 22.0 Å². The van der Waals surface area contributed by atoms with Crippen LogP contribution < -0.4 is 10.9 Å². The van der Waals surface area contributed by atoms with Gasteiger partial charge in [0.25, 0.3) is 11.5 Å². The first-order chi connectivity index (χ1) is 11.3. The summed E-state index contributed by atoms with van der Waals surface area (Å²) < 4.78 is 1.53. The molecule has 0 unspecified atom stereocenters. The standard InChI is InChI=1S/C18H19N3O2S/c1-18(2,3)14-10-24-17(19-14)20-16(23)12-9-15(22)21(4)13-8-6-5-7-11(12)13/h5-10H,1-4H3,(H,19,20,23). The average Bonchev–Trinajstić information content (AvgIpc) is 2.99. The fraction of sp³-hybridized carbons (Fsp3) is 0.278. The van der Waals surface area contributed by atoms with Crippen LogP contribution in [0.1, 0.15) is 36.8 Å². The molecule has 0 aliphatic carbocycles. The van der Waals surface area contributed by atoms with Gasteiger partial charge in [-0.05, 0) is 6.07 Å². The Hall–Kier alpha value is -2.47. The van der Waals surface area contributed by atoms with Crippen molar-refractivity contribution < 1.29 is 4.79 Å². The molecule has 0 saturated carbocycles. The minimum atomic E-state index is -0.321. The number of rotatable bonds is 2. The van der Waals surface area contributed by atoms with Gasteiger partial charge in [0.15, 0.2) is 5.13 Å². The molecule has 0 bridgehead atoms. The molecule has 0 radical (unpaired) electrons. The highest BCUT2D eigenvalue weighted by Crippen LogP contribution is 2.27. The van der Waals surface area contributed by atoms with Gasteiger partial charge in [0, 0.05) is 29.3 Å². The van der Waals surface area contributed by atoms with Gasteiger partial charge in [0.1, 0.15) is 0 Å². The summed E-state index contributed by atoms with van der Waals surface area (Å²) in [6, 6.07) is 8.74. The Morgan fingerprint density at radius 1 is 1.25 bits per heavy atom. The Morgan fingerprint density at radius 2 is 1.96 bits per heavy atom. The van der Waals surface area contributed by atoms with E-state index in [0.717, 1.165) is 16.6 Å². The lowest BCUT2D eigenvalue weighted by molar-refractivity contribution is 0.102. The molecule has 0 spiro atoms. The fourth-order valence-electron chi connectivity index (χ4n) is 2.44. The lowest BCUT2D eigenvalue weighted by atomic mass is 9.93. The van der Waals surface area contributed by atoms with Crippen molar-refractivity contribution >= 4 is 33.3 Å². The van der Waals surface area contributed by atoms with E-state index in [9.17, 15) is 9.59 Å². The molecule has 1 aromatic carbocycles. The largest absolute Gasteiger partial charge is 0.311 e. The van der Waals surface area contributed by atoms with Gasteiger partial charge in [0.05, 0.1) is 16.8 Å². The van der Waals surface area contributed by atoms with Gasteiger partial charge in [-0.15, -0.1) is 11.3 Å². The molecule has 5 nitrogen and oxygen atoms in total. The van der Waals surface area contributed by atoms with Crippen LogP contribution >= 0.6 is 11.3 Å². The number of hydrogen-bond donors (Lipinski definition) is 1. The van der Waals surface area contributed by atoms with Crippen LogP contribution in [0.2, 0.25) is 0 Å². The van der Waals surface area contributed by atoms with Crippen LogP contribution in [-0.4, -0.2) is 15.5 Å². The van der Waals surface area contributed by atoms with Crippen LogP contribution in [0.25, 0.3) is 10.9 Å². The smallest absolute Gasteiger partial charge is 0.258 e. The van der Waals surface area contributed by atoms with Crippen molar-refractivity contribution in [2.45, 2.75) is 26.2 Å². The average molecular weight is 341 g/mol. The fourth-order valence-corrected chi connectivity index (χ4v) is 3.37. The SMILES string of the molecule is Cn1c(=O)cc(C(=O)Nc2nc(C(C)(C)C)cs2)c2ccccc21. The van der Waals surface area contributed by atoms with Crippen molar-refractivity contribution in [2.24, 2.45) is 7.05 Å². The lowest BCUT2D eigenvalue weighted by Gasteiger charge is -2.14. The molecule has 3 rings (SSSR count). The number of fused-ring (bicyclic) bond motifs is 1. The molecule has 2 heterocycles. The van der Waals surface area contributed by atoms with Crippen LogP contribution in [-0.2, 0) is 12.5 Å². The molecular formula is C18H19N3O2S. The van der Waals surface area contributed by atoms with Crippen LogP contribution in [0.3, 0.4) is 0 Å². The number of pyridine rings is 1. The number of hydrogen-bond acceptors (Lipinski definition) is 4. The number of aromatic nitrogens is 2. The van der Waals surface area contributed by atoms with Crippen molar-refractivity contribution in [3.63, 3.8) is 0 Å². The number of carbonyl (C=O) groups excluding carboxylic acids is 1. The Labute approximate surface area is 144 Å². The number of para-hydroxylation sites is 1. The summed E-state index contributed by atoms with van der Waals surface area (Å²) in [6.07, 6.45) is 0. The van der Waals surface area contributed by atoms with E-state index >= 15 is 0 Å². The third-order valence-electron chi connectivity index (χ3n) is 3.89. The summed E-state index contributed by atoms with van der Waals surface area (Å²) in [5.41, 5.74) is 1.73. The van der Waals surface area contributed by atoms with Crippen molar-refractivity contribution in [3.8, 4) is 0 Å². The molecule has 0 aliphatic heterocycles. The first-order valence-electron chi connectivity index (χ1n) is 7.63. The zero-order valence-corrected chi connectivity index (χ0v) is 14.9. The number of amides is 1. The first-order valence-corrected chi connectivity index (χ1v) is 8.51. The van der Waals surface area contributed by atoms with Crippen molar-refractivity contribution in [1.29, 1.82) is 0 Å². The molecule has 124 valence electrons. The van der Waals surface area contributed by atoms with Crippen molar-refractivity contribution in [2.75, 3.05) is 5.32 Å². The van der Waals surface area contributed by atoms with Gasteiger partial charge in [-0.3, -0.25) is 14.9 Å². The maximum Gasteiger partial charge on any atom is 0.258 e. The summed E-state index contributed by atoms with van der Waals surface area (Å²) >= 11 is 1.39. The van der Waals surface area contributed by atoms with Crippen LogP contribution in [0, 0.1) is 0 Å². The van der Waals surface area contributed by atoms with Crippen molar-refractivity contribution in [3.05, 3.63) is 57.3 Å². The molecule has 2 aromatic heterocycles. The Balaban J connectivity index is 1.99. The number of benzene rings is 1. The highest BCUT2D eigenvalue weighted by atomic mass is 32.1. The number of anilines is 1. The predicted molar refractivity (Wildman–Crippen MR) is 98.0 cm³/mol. The minimum Gasteiger partial charge on any atom is -0.311 e. The van der Waals surface area contributed by atoms with Gasteiger partial charge >= 0.3 is 0 Å². The van der Waals surface area contributed by atoms with E-state index in [1.807, 2.05) is 29.6 Å². The van der Waals surface area contributed by atoms with Gasteiger partial charge in [-0.1, -0.05) is 39.0 Å². The summed E-state index contributed by atoms with van der Waals surface area (Å²) in [6.45, 7) is 6.21. The second-order valence-corrected chi connectivity index (χ2v) is 7.57. The highest BCUT2D eigenvalue weighted by Gasteiger charge is 2.19. The Kier molecular flexibility index (Phi) is 4.01. The van der Waals surface area contributed by atoms with Gasteiger partial charge < -0.3 is 4.57 Å². The summed E-state index contributed by atoms with van der Waals surface area (Å²) in [5.74, 6) is -0.321. The molecule has 0 saturated heterocycles. The van der Waals surface area contributed by atoms with Crippen molar-refractivity contribution in [1.82, 2.24) is 9.55 Å². The third kappa shape index (κ3) is 2.97. The summed E-state index contributed by atoms with van der Waals surface area (Å²) in [7, 11) is 1.70. The second kappa shape index (κ2) is 5.87. The number of carbonyl (C=O) groups is 1. The van der Waals surface area contributed by atoms with Crippen LogP contribution in [0.5, 0.6) is 0 Å². The molecule has 0 aliphatic rings. The number of nitrogens with zero attached hydrogens (tertiary/aromatic N) is 2. The van der Waals surface area contributed by atoms with E-state index in [2.05, 4.69) is 31.1 Å². The Morgan fingerprint density at radius 3 is 2.62 bits per heavy atom. The van der Waals surface area contributed by atoms with Gasteiger partial charge in [0.2, 0.25) is 0 Å². The molecule has 3 aromatic rings. The first kappa shape index (κ1) is 16.4. The van der Waals surface area contributed by atoms with Gasteiger partial charge in [-0.2, -0.15) is 0 Å². The van der Waals surface area contributed by atoms with Crippen LogP contribution in [0.15, 0.2) is 40.5 Å². The van der Waals surface area contributed by atoms with E-state index in [0.29, 0.717) is 10.7 Å². The van der Waals surface area contributed by atoms with E-state index in [-0.39, 0.29) is 16.9 Å². The van der Waals surface area contributed by atoms with E-state index in [4.69, 9.17) is 0 Å². The Bertz CT molecular complexity index is 980. The quantitative estimate of drug-likeness (QED) is 0.775. The number of thiazole rings is 1. The molecule has 1 amide bonds. The van der Waals surface area contributed by atoms with E-state index in [1.54, 1.807) is 7.05 Å². The molecule has 0 atom stereocenters. The third-order valence-corrected chi connectivity index (χ3v) is 4.65.